The van der Waals surface area contributed by atoms with E-state index in [0.717, 1.165) is 0 Å². The van der Waals surface area contributed by atoms with E-state index in [9.17, 15) is 22.4 Å². The third-order valence-corrected chi connectivity index (χ3v) is 2.60. The number of nitrogens with zero attached hydrogens (tertiary/aromatic N) is 1. The minimum Gasteiger partial charge on any atom is -0.457 e. The van der Waals surface area contributed by atoms with E-state index in [0.29, 0.717) is 0 Å². The molecule has 1 aromatic heterocycles. The lowest BCUT2D eigenvalue weighted by Gasteiger charge is -2.36. The molecule has 1 atom stereocenters. The zero-order valence-corrected chi connectivity index (χ0v) is 10.5. The minimum atomic E-state index is -1.87. The Kier molecular flexibility index (Phi) is 3.19. The summed E-state index contributed by atoms with van der Waals surface area (Å²) in [5.74, 6) is -12.0. The number of ether oxygens (including phenoxy) is 2. The maximum absolute atomic E-state index is 13.6. The molecular weight excluding hydrogens is 282 g/mol. The van der Waals surface area contributed by atoms with Crippen molar-refractivity contribution < 1.29 is 31.8 Å². The number of carbonyl (C=O) groups is 1. The second-order valence-electron chi connectivity index (χ2n) is 4.56. The Labute approximate surface area is 111 Å². The van der Waals surface area contributed by atoms with Crippen LogP contribution >= 0.6 is 0 Å². The highest BCUT2D eigenvalue weighted by atomic mass is 19.2. The van der Waals surface area contributed by atoms with Crippen molar-refractivity contribution in [2.24, 2.45) is 0 Å². The van der Waals surface area contributed by atoms with Crippen molar-refractivity contribution in [1.29, 1.82) is 0 Å². The zero-order chi connectivity index (χ0) is 15.2. The first-order valence-electron chi connectivity index (χ1n) is 5.44. The third kappa shape index (κ3) is 2.21. The number of halogens is 4. The summed E-state index contributed by atoms with van der Waals surface area (Å²) in [6, 6.07) is 0. The van der Waals surface area contributed by atoms with E-state index >= 15 is 0 Å². The van der Waals surface area contributed by atoms with Gasteiger partial charge in [0.15, 0.2) is 11.6 Å². The predicted molar refractivity (Wildman–Crippen MR) is 57.2 cm³/mol. The number of esters is 1. The van der Waals surface area contributed by atoms with Gasteiger partial charge < -0.3 is 9.47 Å². The molecule has 0 aliphatic carbocycles. The van der Waals surface area contributed by atoms with Crippen molar-refractivity contribution in [1.82, 2.24) is 4.98 Å². The van der Waals surface area contributed by atoms with Gasteiger partial charge in [-0.1, -0.05) is 6.58 Å². The van der Waals surface area contributed by atoms with Crippen LogP contribution in [0.5, 0.6) is 0 Å². The summed E-state index contributed by atoms with van der Waals surface area (Å²) in [6.45, 7) is 6.07. The third-order valence-electron chi connectivity index (χ3n) is 2.60. The van der Waals surface area contributed by atoms with Crippen molar-refractivity contribution in [3.8, 4) is 0 Å². The van der Waals surface area contributed by atoms with Crippen LogP contribution in [0, 0.1) is 23.5 Å². The molecule has 4 nitrogen and oxygen atoms in total. The lowest BCUT2D eigenvalue weighted by Crippen LogP contribution is -2.41. The van der Waals surface area contributed by atoms with Gasteiger partial charge in [0.25, 0.3) is 11.9 Å². The van der Waals surface area contributed by atoms with E-state index in [1.807, 2.05) is 0 Å². The fourth-order valence-electron chi connectivity index (χ4n) is 1.86. The zero-order valence-electron chi connectivity index (χ0n) is 10.5. The molecule has 20 heavy (non-hydrogen) atoms. The molecule has 0 radical (unpaired) electrons. The van der Waals surface area contributed by atoms with Crippen LogP contribution in [0.4, 0.5) is 17.6 Å². The van der Waals surface area contributed by atoms with Crippen molar-refractivity contribution in [3.63, 3.8) is 0 Å². The SMILES string of the molecule is C=C1OC(C)(C)OC(=O)[C@@H]1c1c(F)c(F)nc(F)c1F. The topological polar surface area (TPSA) is 48.4 Å². The van der Waals surface area contributed by atoms with E-state index in [1.54, 1.807) is 0 Å². The van der Waals surface area contributed by atoms with Gasteiger partial charge >= 0.3 is 5.97 Å². The number of aromatic nitrogens is 1. The van der Waals surface area contributed by atoms with Crippen molar-refractivity contribution >= 4 is 5.97 Å². The van der Waals surface area contributed by atoms with Gasteiger partial charge in [0.1, 0.15) is 11.7 Å². The highest BCUT2D eigenvalue weighted by Gasteiger charge is 2.44. The highest BCUT2D eigenvalue weighted by molar-refractivity contribution is 5.82. The first-order valence-corrected chi connectivity index (χ1v) is 5.44. The first-order chi connectivity index (χ1) is 9.14. The Morgan fingerprint density at radius 2 is 1.60 bits per heavy atom. The monoisotopic (exact) mass is 291 g/mol. The molecule has 1 aromatic rings. The van der Waals surface area contributed by atoms with Gasteiger partial charge in [0, 0.05) is 13.8 Å². The van der Waals surface area contributed by atoms with Gasteiger partial charge in [-0.3, -0.25) is 4.79 Å². The van der Waals surface area contributed by atoms with Crippen LogP contribution in [0.1, 0.15) is 25.3 Å². The van der Waals surface area contributed by atoms with E-state index < -0.39 is 46.8 Å². The van der Waals surface area contributed by atoms with Crippen LogP contribution in [0.3, 0.4) is 0 Å². The van der Waals surface area contributed by atoms with Crippen LogP contribution in [-0.2, 0) is 14.3 Å². The Hall–Kier alpha value is -2.12. The Bertz CT molecular complexity index is 569. The molecule has 1 fully saturated rings. The molecule has 0 saturated carbocycles. The van der Waals surface area contributed by atoms with E-state index in [1.165, 1.54) is 13.8 Å². The smallest absolute Gasteiger partial charge is 0.324 e. The number of carbonyl (C=O) groups excluding carboxylic acids is 1. The molecule has 0 bridgehead atoms. The molecule has 1 aliphatic heterocycles. The molecule has 0 unspecified atom stereocenters. The molecule has 0 amide bonds. The summed E-state index contributed by atoms with van der Waals surface area (Å²) in [7, 11) is 0. The van der Waals surface area contributed by atoms with E-state index in [2.05, 4.69) is 11.6 Å². The van der Waals surface area contributed by atoms with Crippen molar-refractivity contribution in [2.75, 3.05) is 0 Å². The van der Waals surface area contributed by atoms with Gasteiger partial charge in [-0.2, -0.15) is 13.8 Å². The Balaban J connectivity index is 2.58. The average Bonchev–Trinajstić information content (AvgIpc) is 2.28. The maximum Gasteiger partial charge on any atom is 0.324 e. The normalized spacial score (nSPS) is 21.4. The molecule has 108 valence electrons. The fourth-order valence-corrected chi connectivity index (χ4v) is 1.86. The van der Waals surface area contributed by atoms with Gasteiger partial charge in [-0.15, -0.1) is 0 Å². The molecular formula is C12H9F4NO3. The van der Waals surface area contributed by atoms with Crippen LogP contribution in [-0.4, -0.2) is 16.7 Å². The maximum atomic E-state index is 13.6. The van der Waals surface area contributed by atoms with Gasteiger partial charge in [0.2, 0.25) is 5.79 Å². The Morgan fingerprint density at radius 1 is 1.10 bits per heavy atom. The summed E-state index contributed by atoms with van der Waals surface area (Å²) in [4.78, 5) is 14.2. The summed E-state index contributed by atoms with van der Waals surface area (Å²) in [6.07, 6.45) is 0. The average molecular weight is 291 g/mol. The van der Waals surface area contributed by atoms with Crippen LogP contribution in [0.2, 0.25) is 0 Å². The van der Waals surface area contributed by atoms with Gasteiger partial charge in [-0.25, -0.2) is 8.78 Å². The molecule has 2 heterocycles. The van der Waals surface area contributed by atoms with Crippen LogP contribution in [0.25, 0.3) is 0 Å². The summed E-state index contributed by atoms with van der Waals surface area (Å²) in [5, 5.41) is 0. The lowest BCUT2D eigenvalue weighted by molar-refractivity contribution is -0.221. The molecule has 0 N–H and O–H groups in total. The van der Waals surface area contributed by atoms with E-state index in [4.69, 9.17) is 9.47 Å². The number of rotatable bonds is 1. The van der Waals surface area contributed by atoms with E-state index in [-0.39, 0.29) is 5.76 Å². The second-order valence-corrected chi connectivity index (χ2v) is 4.56. The van der Waals surface area contributed by atoms with Crippen LogP contribution in [0.15, 0.2) is 12.3 Å². The highest BCUT2D eigenvalue weighted by Crippen LogP contribution is 2.38. The van der Waals surface area contributed by atoms with Crippen molar-refractivity contribution in [3.05, 3.63) is 41.4 Å². The van der Waals surface area contributed by atoms with Gasteiger partial charge in [-0.05, 0) is 0 Å². The summed E-state index contributed by atoms with van der Waals surface area (Å²) in [5.41, 5.74) is -1.18. The molecule has 0 spiro atoms. The second kappa shape index (κ2) is 4.46. The number of hydrogen-bond donors (Lipinski definition) is 0. The predicted octanol–water partition coefficient (Wildman–Crippen LogP) is 2.54. The first kappa shape index (κ1) is 14.3. The van der Waals surface area contributed by atoms with Gasteiger partial charge in [0.05, 0.1) is 5.56 Å². The number of hydrogen-bond acceptors (Lipinski definition) is 4. The number of pyridine rings is 1. The minimum absolute atomic E-state index is 0.381. The summed E-state index contributed by atoms with van der Waals surface area (Å²) >= 11 is 0. The number of cyclic esters (lactones) is 1. The fraction of sp³-hybridized carbons (Fsp3) is 0.333. The molecule has 1 saturated heterocycles. The molecule has 0 aromatic carbocycles. The summed E-state index contributed by atoms with van der Waals surface area (Å²) < 4.78 is 63.2. The molecule has 8 heteroatoms. The Morgan fingerprint density at radius 3 is 2.05 bits per heavy atom. The van der Waals surface area contributed by atoms with Crippen LogP contribution < -0.4 is 0 Å². The molecule has 2 rings (SSSR count). The lowest BCUT2D eigenvalue weighted by atomic mass is 9.96. The quantitative estimate of drug-likeness (QED) is 0.453. The van der Waals surface area contributed by atoms with Crippen molar-refractivity contribution in [2.45, 2.75) is 25.6 Å². The largest absolute Gasteiger partial charge is 0.457 e. The standard InChI is InChI=1S/C12H9F4NO3/c1-4-5(11(18)20-12(2,3)19-4)6-7(13)9(15)17-10(16)8(6)14/h5H,1H2,2-3H3/t5-/m0/s1. The molecule has 1 aliphatic rings.